The van der Waals surface area contributed by atoms with Crippen molar-refractivity contribution in [1.29, 1.82) is 0 Å². The second-order valence-electron chi connectivity index (χ2n) is 7.82. The lowest BCUT2D eigenvalue weighted by molar-refractivity contribution is -0.137. The lowest BCUT2D eigenvalue weighted by atomic mass is 10.0. The van der Waals surface area contributed by atoms with E-state index in [0.29, 0.717) is 39.1 Å². The van der Waals surface area contributed by atoms with Gasteiger partial charge in [0.1, 0.15) is 10.6 Å². The van der Waals surface area contributed by atoms with Gasteiger partial charge in [-0.25, -0.2) is 4.98 Å². The van der Waals surface area contributed by atoms with Crippen LogP contribution in [0, 0.1) is 6.92 Å². The number of thiophene rings is 1. The standard InChI is InChI=1S/C21H18F3N3O2S2/c1-11-4-15-14(5-12(7-25-15)21(22,23)24)19(27-11)30-9-16(28)17-2-3-18(31-17)20-6-13(8-29-20)26-10-20/h2-5,7,13,26H,6,8-10H2,1H3/t13-,20-/m1/s1. The zero-order valence-corrected chi connectivity index (χ0v) is 18.1. The molecule has 3 aromatic rings. The monoisotopic (exact) mass is 465 g/mol. The third-order valence-electron chi connectivity index (χ3n) is 5.58. The van der Waals surface area contributed by atoms with Crippen LogP contribution in [0.15, 0.2) is 35.5 Å². The van der Waals surface area contributed by atoms with Crippen LogP contribution in [0.1, 0.15) is 32.2 Å². The van der Waals surface area contributed by atoms with E-state index < -0.39 is 11.7 Å². The highest BCUT2D eigenvalue weighted by atomic mass is 32.2. The van der Waals surface area contributed by atoms with Crippen molar-refractivity contribution in [3.8, 4) is 0 Å². The summed E-state index contributed by atoms with van der Waals surface area (Å²) in [6.45, 7) is 3.17. The number of halogens is 3. The molecule has 2 fully saturated rings. The number of Topliss-reactive ketones (excluding diaryl/α,β-unsaturated/α-hetero) is 1. The van der Waals surface area contributed by atoms with Crippen molar-refractivity contribution in [2.24, 2.45) is 0 Å². The second kappa shape index (κ2) is 7.54. The number of aryl methyl sites for hydroxylation is 1. The average molecular weight is 466 g/mol. The van der Waals surface area contributed by atoms with Crippen molar-refractivity contribution in [3.05, 3.63) is 51.5 Å². The SMILES string of the molecule is Cc1cc2ncc(C(F)(F)F)cc2c(SCC(=O)c2ccc([C@@]34CN[C@@H](CO3)C4)s2)n1. The van der Waals surface area contributed by atoms with Crippen LogP contribution in [0.3, 0.4) is 0 Å². The Morgan fingerprint density at radius 3 is 2.90 bits per heavy atom. The van der Waals surface area contributed by atoms with Crippen molar-refractivity contribution < 1.29 is 22.7 Å². The topological polar surface area (TPSA) is 64.1 Å². The number of aromatic nitrogens is 2. The number of thioether (sulfide) groups is 1. The van der Waals surface area contributed by atoms with E-state index >= 15 is 0 Å². The third kappa shape index (κ3) is 3.86. The molecule has 2 atom stereocenters. The maximum absolute atomic E-state index is 13.1. The Kier molecular flexibility index (Phi) is 5.08. The van der Waals surface area contributed by atoms with Crippen LogP contribution >= 0.6 is 23.1 Å². The molecule has 0 aliphatic carbocycles. The van der Waals surface area contributed by atoms with Gasteiger partial charge in [0.05, 0.1) is 28.3 Å². The molecule has 3 aromatic heterocycles. The first-order chi connectivity index (χ1) is 14.7. The van der Waals surface area contributed by atoms with Crippen LogP contribution < -0.4 is 5.32 Å². The fourth-order valence-electron chi connectivity index (χ4n) is 4.01. The van der Waals surface area contributed by atoms with Gasteiger partial charge in [-0.15, -0.1) is 11.3 Å². The maximum Gasteiger partial charge on any atom is 0.417 e. The van der Waals surface area contributed by atoms with Crippen LogP contribution in [0.25, 0.3) is 10.9 Å². The third-order valence-corrected chi connectivity index (χ3v) is 7.89. The molecule has 1 N–H and O–H groups in total. The number of hydrogen-bond acceptors (Lipinski definition) is 7. The number of morpholine rings is 1. The number of ketones is 1. The highest BCUT2D eigenvalue weighted by Gasteiger charge is 2.48. The molecule has 10 heteroatoms. The average Bonchev–Trinajstić information content (AvgIpc) is 3.47. The molecular weight excluding hydrogens is 447 g/mol. The molecule has 2 aliphatic rings. The molecule has 0 saturated carbocycles. The molecule has 0 unspecified atom stereocenters. The second-order valence-corrected chi connectivity index (χ2v) is 9.87. The summed E-state index contributed by atoms with van der Waals surface area (Å²) in [4.78, 5) is 22.8. The lowest BCUT2D eigenvalue weighted by Crippen LogP contribution is -2.36. The van der Waals surface area contributed by atoms with Crippen molar-refractivity contribution in [2.75, 3.05) is 18.9 Å². The number of rotatable bonds is 5. The largest absolute Gasteiger partial charge is 0.417 e. The Morgan fingerprint density at radius 1 is 1.39 bits per heavy atom. The minimum absolute atomic E-state index is 0.0798. The van der Waals surface area contributed by atoms with E-state index in [0.717, 1.165) is 41.9 Å². The van der Waals surface area contributed by atoms with E-state index in [2.05, 4.69) is 15.3 Å². The van der Waals surface area contributed by atoms with E-state index in [1.807, 2.05) is 6.07 Å². The summed E-state index contributed by atoms with van der Waals surface area (Å²) in [6, 6.07) is 6.80. The van der Waals surface area contributed by atoms with Gasteiger partial charge in [0.15, 0.2) is 5.78 Å². The van der Waals surface area contributed by atoms with E-state index in [-0.39, 0.29) is 17.1 Å². The van der Waals surface area contributed by atoms with Crippen molar-refractivity contribution in [3.63, 3.8) is 0 Å². The van der Waals surface area contributed by atoms with Gasteiger partial charge >= 0.3 is 6.18 Å². The molecule has 162 valence electrons. The summed E-state index contributed by atoms with van der Waals surface area (Å²) in [5, 5.41) is 4.09. The van der Waals surface area contributed by atoms with Gasteiger partial charge in [-0.3, -0.25) is 9.78 Å². The number of carbonyl (C=O) groups excluding carboxylic acids is 1. The number of nitrogens with zero attached hydrogens (tertiary/aromatic N) is 2. The highest BCUT2D eigenvalue weighted by molar-refractivity contribution is 8.00. The number of hydrogen-bond donors (Lipinski definition) is 1. The molecular formula is C21H18F3N3O2S2. The molecule has 0 amide bonds. The molecule has 0 radical (unpaired) electrons. The molecule has 2 saturated heterocycles. The van der Waals surface area contributed by atoms with E-state index in [4.69, 9.17) is 4.74 Å². The van der Waals surface area contributed by atoms with Gasteiger partial charge in [0, 0.05) is 41.2 Å². The smallest absolute Gasteiger partial charge is 0.366 e. The first-order valence-corrected chi connectivity index (χ1v) is 11.5. The Morgan fingerprint density at radius 2 is 2.23 bits per heavy atom. The van der Waals surface area contributed by atoms with Gasteiger partial charge in [-0.1, -0.05) is 11.8 Å². The quantitative estimate of drug-likeness (QED) is 0.440. The molecule has 5 heterocycles. The Bertz CT molecular complexity index is 1170. The summed E-state index contributed by atoms with van der Waals surface area (Å²) in [5.74, 6) is -0.00854. The summed E-state index contributed by atoms with van der Waals surface area (Å²) in [5.41, 5.74) is -0.112. The summed E-state index contributed by atoms with van der Waals surface area (Å²) in [6.07, 6.45) is -2.77. The van der Waals surface area contributed by atoms with E-state index in [1.165, 1.54) is 11.3 Å². The number of alkyl halides is 3. The van der Waals surface area contributed by atoms with Gasteiger partial charge < -0.3 is 10.1 Å². The Labute approximate surface area is 184 Å². The Balaban J connectivity index is 1.37. The number of ether oxygens (including phenoxy) is 1. The zero-order chi connectivity index (χ0) is 21.8. The number of carbonyl (C=O) groups is 1. The minimum Gasteiger partial charge on any atom is -0.366 e. The molecule has 2 aliphatic heterocycles. The molecule has 5 rings (SSSR count). The molecule has 0 aromatic carbocycles. The summed E-state index contributed by atoms with van der Waals surface area (Å²) >= 11 is 2.56. The minimum atomic E-state index is -4.49. The van der Waals surface area contributed by atoms with Crippen LogP contribution in [0.2, 0.25) is 0 Å². The van der Waals surface area contributed by atoms with Crippen molar-refractivity contribution in [2.45, 2.75) is 36.2 Å². The predicted molar refractivity (Wildman–Crippen MR) is 113 cm³/mol. The fourth-order valence-corrected chi connectivity index (χ4v) is 6.15. The van der Waals surface area contributed by atoms with Crippen molar-refractivity contribution in [1.82, 2.24) is 15.3 Å². The normalized spacial score (nSPS) is 23.0. The van der Waals surface area contributed by atoms with Gasteiger partial charge in [0.25, 0.3) is 0 Å². The number of nitrogens with one attached hydrogen (secondary N) is 1. The van der Waals surface area contributed by atoms with Crippen LogP contribution in [-0.2, 0) is 16.5 Å². The maximum atomic E-state index is 13.1. The van der Waals surface area contributed by atoms with Gasteiger partial charge in [-0.05, 0) is 31.2 Å². The molecule has 2 bridgehead atoms. The van der Waals surface area contributed by atoms with Crippen molar-refractivity contribution >= 4 is 39.8 Å². The van der Waals surface area contributed by atoms with Crippen LogP contribution in [0.4, 0.5) is 13.2 Å². The predicted octanol–water partition coefficient (Wildman–Crippen LogP) is 4.58. The molecule has 31 heavy (non-hydrogen) atoms. The summed E-state index contributed by atoms with van der Waals surface area (Å²) in [7, 11) is 0. The lowest BCUT2D eigenvalue weighted by Gasteiger charge is -2.25. The number of pyridine rings is 2. The van der Waals surface area contributed by atoms with Crippen LogP contribution in [-0.4, -0.2) is 40.7 Å². The fraction of sp³-hybridized carbons (Fsp3) is 0.381. The van der Waals surface area contributed by atoms with Gasteiger partial charge in [-0.2, -0.15) is 13.2 Å². The molecule has 5 nitrogen and oxygen atoms in total. The highest BCUT2D eigenvalue weighted by Crippen LogP contribution is 2.43. The first kappa shape index (κ1) is 20.9. The first-order valence-electron chi connectivity index (χ1n) is 9.72. The Hall–Kier alpha value is -2.01. The molecule has 0 spiro atoms. The van der Waals surface area contributed by atoms with E-state index in [9.17, 15) is 18.0 Å². The summed E-state index contributed by atoms with van der Waals surface area (Å²) < 4.78 is 45.3. The van der Waals surface area contributed by atoms with Gasteiger partial charge in [0.2, 0.25) is 0 Å². The van der Waals surface area contributed by atoms with E-state index in [1.54, 1.807) is 19.1 Å². The zero-order valence-electron chi connectivity index (χ0n) is 16.5. The van der Waals surface area contributed by atoms with Crippen LogP contribution in [0.5, 0.6) is 0 Å². The number of fused-ring (bicyclic) bond motifs is 3.